The standard InChI is InChI=1S/C12H11O.Y/c1-9-3-4-11-8-12(13-2)6-5-10(11)7-9;/h3-5,7-8H,1-2H3;/q-1;. The summed E-state index contributed by atoms with van der Waals surface area (Å²) in [5.41, 5.74) is 1.27. The van der Waals surface area contributed by atoms with Gasteiger partial charge in [0.1, 0.15) is 0 Å². The van der Waals surface area contributed by atoms with Crippen LogP contribution in [0.5, 0.6) is 5.75 Å². The van der Waals surface area contributed by atoms with Crippen molar-refractivity contribution in [2.45, 2.75) is 6.92 Å². The Hall–Kier alpha value is -0.396. The van der Waals surface area contributed by atoms with Crippen LogP contribution in [-0.2, 0) is 32.7 Å². The van der Waals surface area contributed by atoms with Gasteiger partial charge < -0.3 is 4.74 Å². The molecular formula is C12H11OY-. The van der Waals surface area contributed by atoms with Gasteiger partial charge in [0, 0.05) is 38.5 Å². The van der Waals surface area contributed by atoms with Gasteiger partial charge in [0.2, 0.25) is 0 Å². The summed E-state index contributed by atoms with van der Waals surface area (Å²) in [6.07, 6.45) is 0. The second kappa shape index (κ2) is 4.90. The molecule has 0 atom stereocenters. The van der Waals surface area contributed by atoms with Gasteiger partial charge in [0.25, 0.3) is 0 Å². The normalized spacial score (nSPS) is 9.57. The molecule has 0 amide bonds. The van der Waals surface area contributed by atoms with Gasteiger partial charge in [-0.3, -0.25) is 0 Å². The van der Waals surface area contributed by atoms with Gasteiger partial charge in [-0.25, -0.2) is 0 Å². The van der Waals surface area contributed by atoms with Gasteiger partial charge in [0.15, 0.2) is 0 Å². The monoisotopic (exact) mass is 260 g/mol. The molecule has 2 rings (SSSR count). The Kier molecular flexibility index (Phi) is 4.09. The molecule has 0 unspecified atom stereocenters. The summed E-state index contributed by atoms with van der Waals surface area (Å²) in [7, 11) is 1.66. The molecule has 0 bridgehead atoms. The van der Waals surface area contributed by atoms with Crippen LogP contribution < -0.4 is 4.74 Å². The van der Waals surface area contributed by atoms with E-state index in [-0.39, 0.29) is 32.7 Å². The molecule has 2 aromatic rings. The Bertz CT molecular complexity index is 437. The van der Waals surface area contributed by atoms with Gasteiger partial charge in [0.05, 0.1) is 7.11 Å². The molecule has 0 aromatic heterocycles. The maximum absolute atomic E-state index is 5.10. The molecular weight excluding hydrogens is 249 g/mol. The van der Waals surface area contributed by atoms with E-state index in [1.807, 2.05) is 12.1 Å². The molecule has 0 saturated heterocycles. The predicted molar refractivity (Wildman–Crippen MR) is 54.1 cm³/mol. The minimum atomic E-state index is 0. The van der Waals surface area contributed by atoms with Crippen LogP contribution in [-0.4, -0.2) is 7.11 Å². The van der Waals surface area contributed by atoms with Gasteiger partial charge in [-0.1, -0.05) is 17.7 Å². The Balaban J connectivity index is 0.000000980. The third kappa shape index (κ3) is 2.34. The molecule has 14 heavy (non-hydrogen) atoms. The van der Waals surface area contributed by atoms with Crippen molar-refractivity contribution >= 4 is 10.8 Å². The Labute approximate surface area is 109 Å². The first kappa shape index (κ1) is 11.7. The molecule has 1 radical (unpaired) electrons. The van der Waals surface area contributed by atoms with Crippen LogP contribution in [0.1, 0.15) is 5.56 Å². The summed E-state index contributed by atoms with van der Waals surface area (Å²) in [5.74, 6) is 0.788. The van der Waals surface area contributed by atoms with E-state index in [9.17, 15) is 0 Å². The quantitative estimate of drug-likeness (QED) is 0.716. The average molecular weight is 260 g/mol. The molecule has 2 heteroatoms. The largest absolute Gasteiger partial charge is 0.523 e. The molecule has 0 N–H and O–H groups in total. The van der Waals surface area contributed by atoms with Crippen molar-refractivity contribution in [2.75, 3.05) is 7.11 Å². The van der Waals surface area contributed by atoms with Crippen molar-refractivity contribution < 1.29 is 37.4 Å². The van der Waals surface area contributed by atoms with E-state index in [0.29, 0.717) is 0 Å². The van der Waals surface area contributed by atoms with E-state index in [1.54, 1.807) is 7.11 Å². The van der Waals surface area contributed by atoms with Crippen molar-refractivity contribution in [3.63, 3.8) is 0 Å². The van der Waals surface area contributed by atoms with Crippen LogP contribution in [0.3, 0.4) is 0 Å². The molecule has 1 nitrogen and oxygen atoms in total. The second-order valence-corrected chi connectivity index (χ2v) is 3.13. The Morgan fingerprint density at radius 1 is 1.14 bits per heavy atom. The fraction of sp³-hybridized carbons (Fsp3) is 0.167. The third-order valence-electron chi connectivity index (χ3n) is 2.12. The first-order valence-electron chi connectivity index (χ1n) is 4.26. The number of fused-ring (bicyclic) bond motifs is 1. The van der Waals surface area contributed by atoms with E-state index < -0.39 is 0 Å². The number of rotatable bonds is 1. The van der Waals surface area contributed by atoms with E-state index >= 15 is 0 Å². The number of hydrogen-bond acceptors (Lipinski definition) is 1. The van der Waals surface area contributed by atoms with Crippen LogP contribution in [0, 0.1) is 13.0 Å². The summed E-state index contributed by atoms with van der Waals surface area (Å²) >= 11 is 0. The van der Waals surface area contributed by atoms with Crippen LogP contribution in [0.2, 0.25) is 0 Å². The number of hydrogen-bond donors (Lipinski definition) is 0. The minimum Gasteiger partial charge on any atom is -0.523 e. The summed E-state index contributed by atoms with van der Waals surface area (Å²) in [4.78, 5) is 0. The first-order valence-corrected chi connectivity index (χ1v) is 4.26. The van der Waals surface area contributed by atoms with Crippen molar-refractivity contribution in [3.05, 3.63) is 42.0 Å². The summed E-state index contributed by atoms with van der Waals surface area (Å²) in [6.45, 7) is 2.09. The summed E-state index contributed by atoms with van der Waals surface area (Å²) < 4.78 is 5.10. The molecule has 0 saturated carbocycles. The molecule has 0 fully saturated rings. The Morgan fingerprint density at radius 3 is 2.64 bits per heavy atom. The molecule has 0 aliphatic carbocycles. The van der Waals surface area contributed by atoms with Crippen LogP contribution in [0.15, 0.2) is 30.3 Å². The van der Waals surface area contributed by atoms with Crippen molar-refractivity contribution in [1.29, 1.82) is 0 Å². The molecule has 0 aliphatic rings. The summed E-state index contributed by atoms with van der Waals surface area (Å²) in [6, 6.07) is 13.4. The maximum Gasteiger partial charge on any atom is 0.0743 e. The number of methoxy groups -OCH3 is 1. The second-order valence-electron chi connectivity index (χ2n) is 3.13. The number of benzene rings is 2. The molecule has 0 aliphatic heterocycles. The average Bonchev–Trinajstić information content (AvgIpc) is 2.17. The molecule has 0 spiro atoms. The fourth-order valence-corrected chi connectivity index (χ4v) is 1.40. The number of aryl methyl sites for hydroxylation is 1. The van der Waals surface area contributed by atoms with Gasteiger partial charge in [-0.2, -0.15) is 6.07 Å². The van der Waals surface area contributed by atoms with Gasteiger partial charge in [-0.05, 0) is 6.92 Å². The SMILES string of the molecule is COc1[c-]cc2cc(C)ccc2c1.[Y]. The zero-order valence-corrected chi connectivity index (χ0v) is 11.2. The van der Waals surface area contributed by atoms with Gasteiger partial charge in [-0.15, -0.1) is 29.0 Å². The zero-order valence-electron chi connectivity index (χ0n) is 8.37. The molecule has 2 aromatic carbocycles. The van der Waals surface area contributed by atoms with Gasteiger partial charge >= 0.3 is 0 Å². The van der Waals surface area contributed by atoms with E-state index in [0.717, 1.165) is 5.75 Å². The van der Waals surface area contributed by atoms with Crippen LogP contribution in [0.25, 0.3) is 10.8 Å². The molecule has 69 valence electrons. The van der Waals surface area contributed by atoms with E-state index in [1.165, 1.54) is 16.3 Å². The van der Waals surface area contributed by atoms with E-state index in [2.05, 4.69) is 31.2 Å². The fourth-order valence-electron chi connectivity index (χ4n) is 1.40. The van der Waals surface area contributed by atoms with Crippen molar-refractivity contribution in [2.24, 2.45) is 0 Å². The Morgan fingerprint density at radius 2 is 1.93 bits per heavy atom. The third-order valence-corrected chi connectivity index (χ3v) is 2.12. The molecule has 0 heterocycles. The maximum atomic E-state index is 5.10. The first-order chi connectivity index (χ1) is 6.29. The predicted octanol–water partition coefficient (Wildman–Crippen LogP) is 2.95. The van der Waals surface area contributed by atoms with Crippen LogP contribution >= 0.6 is 0 Å². The zero-order chi connectivity index (χ0) is 9.26. The minimum absolute atomic E-state index is 0. The van der Waals surface area contributed by atoms with E-state index in [4.69, 9.17) is 4.74 Å². The smallest absolute Gasteiger partial charge is 0.0743 e. The number of ether oxygens (including phenoxy) is 1. The summed E-state index contributed by atoms with van der Waals surface area (Å²) in [5, 5.41) is 2.40. The van der Waals surface area contributed by atoms with Crippen molar-refractivity contribution in [1.82, 2.24) is 0 Å². The topological polar surface area (TPSA) is 9.23 Å². The van der Waals surface area contributed by atoms with Crippen LogP contribution in [0.4, 0.5) is 0 Å². The van der Waals surface area contributed by atoms with Crippen molar-refractivity contribution in [3.8, 4) is 5.75 Å².